The highest BCUT2D eigenvalue weighted by atomic mass is 16.5. The van der Waals surface area contributed by atoms with Crippen molar-refractivity contribution >= 4 is 29.7 Å². The van der Waals surface area contributed by atoms with E-state index in [2.05, 4.69) is 39.2 Å². The first kappa shape index (κ1) is 25.3. The topological polar surface area (TPSA) is 91.3 Å². The Balaban J connectivity index is 1.53. The predicted octanol–water partition coefficient (Wildman–Crippen LogP) is 2.54. The Kier molecular flexibility index (Phi) is 8.26. The van der Waals surface area contributed by atoms with E-state index in [1.165, 1.54) is 10.5 Å². The SMILES string of the molecule is CC(=Nc1c(C)cccc1C#Cc1ccc(CN2CCOCC2)cc1)N(C=O)C1CCC(=O)NC1=O. The number of piperidine rings is 1. The molecule has 2 aromatic carbocycles. The fourth-order valence-corrected chi connectivity index (χ4v) is 4.30. The Morgan fingerprint density at radius 2 is 1.92 bits per heavy atom. The highest BCUT2D eigenvalue weighted by molar-refractivity contribution is 6.04. The van der Waals surface area contributed by atoms with Gasteiger partial charge in [-0.15, -0.1) is 0 Å². The molecule has 0 aromatic heterocycles. The first-order chi connectivity index (χ1) is 17.4. The lowest BCUT2D eigenvalue weighted by Gasteiger charge is -2.29. The van der Waals surface area contributed by atoms with Crippen LogP contribution in [0.5, 0.6) is 0 Å². The van der Waals surface area contributed by atoms with Crippen LogP contribution >= 0.6 is 0 Å². The molecule has 2 heterocycles. The van der Waals surface area contributed by atoms with Crippen molar-refractivity contribution in [1.29, 1.82) is 0 Å². The van der Waals surface area contributed by atoms with Gasteiger partial charge in [-0.25, -0.2) is 4.99 Å². The van der Waals surface area contributed by atoms with Gasteiger partial charge in [-0.05, 0) is 49.6 Å². The second kappa shape index (κ2) is 11.8. The fourth-order valence-electron chi connectivity index (χ4n) is 4.30. The lowest BCUT2D eigenvalue weighted by Crippen LogP contribution is -2.53. The van der Waals surface area contributed by atoms with E-state index in [-0.39, 0.29) is 18.7 Å². The lowest BCUT2D eigenvalue weighted by atomic mass is 10.0. The van der Waals surface area contributed by atoms with Gasteiger partial charge < -0.3 is 4.74 Å². The number of morpholine rings is 1. The summed E-state index contributed by atoms with van der Waals surface area (Å²) < 4.78 is 5.41. The van der Waals surface area contributed by atoms with Crippen molar-refractivity contribution in [3.8, 4) is 11.8 Å². The second-order valence-electron chi connectivity index (χ2n) is 8.95. The summed E-state index contributed by atoms with van der Waals surface area (Å²) in [7, 11) is 0. The number of benzene rings is 2. The van der Waals surface area contributed by atoms with Crippen LogP contribution in [0.4, 0.5) is 5.69 Å². The minimum Gasteiger partial charge on any atom is -0.379 e. The number of carbonyl (C=O) groups is 3. The first-order valence-corrected chi connectivity index (χ1v) is 12.1. The molecule has 0 bridgehead atoms. The lowest BCUT2D eigenvalue weighted by molar-refractivity contribution is -0.138. The molecule has 186 valence electrons. The molecular formula is C28H30N4O4. The molecule has 2 saturated heterocycles. The molecule has 0 radical (unpaired) electrons. The molecule has 2 aromatic rings. The Labute approximate surface area is 211 Å². The molecular weight excluding hydrogens is 456 g/mol. The quantitative estimate of drug-likeness (QED) is 0.231. The number of nitrogens with one attached hydrogen (secondary N) is 1. The van der Waals surface area contributed by atoms with E-state index in [1.807, 2.05) is 37.3 Å². The maximum absolute atomic E-state index is 12.3. The Bertz CT molecular complexity index is 1220. The first-order valence-electron chi connectivity index (χ1n) is 12.1. The summed E-state index contributed by atoms with van der Waals surface area (Å²) in [5.41, 5.74) is 4.40. The standard InChI is InChI=1S/C28H30N4O4/c1-20-4-3-5-24(11-10-22-6-8-23(9-7-22)18-31-14-16-36-17-15-31)27(20)29-21(2)32(19-33)25-12-13-26(34)30-28(25)35/h3-9,19,25H,12-18H2,1-2H3,(H,30,34,35). The van der Waals surface area contributed by atoms with Gasteiger partial charge in [0.15, 0.2) is 0 Å². The minimum atomic E-state index is -0.765. The number of rotatable bonds is 5. The van der Waals surface area contributed by atoms with E-state index in [9.17, 15) is 14.4 Å². The van der Waals surface area contributed by atoms with Crippen molar-refractivity contribution in [2.75, 3.05) is 26.3 Å². The van der Waals surface area contributed by atoms with Gasteiger partial charge in [0, 0.05) is 31.6 Å². The van der Waals surface area contributed by atoms with Crippen LogP contribution in [0.2, 0.25) is 0 Å². The molecule has 0 saturated carbocycles. The highest BCUT2D eigenvalue weighted by Gasteiger charge is 2.32. The summed E-state index contributed by atoms with van der Waals surface area (Å²) in [5.74, 6) is 5.97. The van der Waals surface area contributed by atoms with Crippen LogP contribution in [-0.2, 0) is 25.7 Å². The Hall–Kier alpha value is -3.80. The van der Waals surface area contributed by atoms with Gasteiger partial charge in [-0.2, -0.15) is 0 Å². The van der Waals surface area contributed by atoms with Crippen LogP contribution in [-0.4, -0.2) is 66.2 Å². The summed E-state index contributed by atoms with van der Waals surface area (Å²) in [4.78, 5) is 43.9. The number of aliphatic imine (C=N–C) groups is 1. The molecule has 2 fully saturated rings. The van der Waals surface area contributed by atoms with Gasteiger partial charge in [0.1, 0.15) is 11.9 Å². The van der Waals surface area contributed by atoms with E-state index < -0.39 is 11.9 Å². The zero-order valence-corrected chi connectivity index (χ0v) is 20.6. The number of nitrogens with zero attached hydrogens (tertiary/aromatic N) is 3. The van der Waals surface area contributed by atoms with Gasteiger partial charge in [0.2, 0.25) is 18.2 Å². The third kappa shape index (κ3) is 6.25. The molecule has 4 rings (SSSR count). The molecule has 0 spiro atoms. The Morgan fingerprint density at radius 1 is 1.17 bits per heavy atom. The second-order valence-corrected chi connectivity index (χ2v) is 8.95. The third-order valence-corrected chi connectivity index (χ3v) is 6.35. The zero-order valence-electron chi connectivity index (χ0n) is 20.6. The number of imide groups is 1. The van der Waals surface area contributed by atoms with E-state index >= 15 is 0 Å². The van der Waals surface area contributed by atoms with Crippen LogP contribution in [0.25, 0.3) is 0 Å². The maximum Gasteiger partial charge on any atom is 0.249 e. The molecule has 1 N–H and O–H groups in total. The summed E-state index contributed by atoms with van der Waals surface area (Å²) in [5, 5.41) is 2.29. The van der Waals surface area contributed by atoms with Crippen molar-refractivity contribution in [3.63, 3.8) is 0 Å². The summed E-state index contributed by atoms with van der Waals surface area (Å²) in [6.45, 7) is 7.95. The third-order valence-electron chi connectivity index (χ3n) is 6.35. The monoisotopic (exact) mass is 486 g/mol. The summed E-state index contributed by atoms with van der Waals surface area (Å²) in [6.07, 6.45) is 1.03. The van der Waals surface area contributed by atoms with E-state index in [0.717, 1.165) is 49.5 Å². The van der Waals surface area contributed by atoms with Crippen LogP contribution in [0, 0.1) is 18.8 Å². The van der Waals surface area contributed by atoms with E-state index in [0.29, 0.717) is 17.9 Å². The number of hydrogen-bond donors (Lipinski definition) is 1. The van der Waals surface area contributed by atoms with Crippen molar-refractivity contribution < 1.29 is 19.1 Å². The number of carbonyl (C=O) groups excluding carboxylic acids is 3. The van der Waals surface area contributed by atoms with Crippen molar-refractivity contribution in [2.24, 2.45) is 4.99 Å². The number of aryl methyl sites for hydroxylation is 1. The molecule has 3 amide bonds. The summed E-state index contributed by atoms with van der Waals surface area (Å²) >= 11 is 0. The molecule has 1 atom stereocenters. The minimum absolute atomic E-state index is 0.181. The predicted molar refractivity (Wildman–Crippen MR) is 137 cm³/mol. The number of amidine groups is 1. The molecule has 2 aliphatic rings. The van der Waals surface area contributed by atoms with Crippen molar-refractivity contribution in [2.45, 2.75) is 39.3 Å². The van der Waals surface area contributed by atoms with E-state index in [1.54, 1.807) is 6.92 Å². The molecule has 1 unspecified atom stereocenters. The average molecular weight is 487 g/mol. The molecule has 8 heteroatoms. The van der Waals surface area contributed by atoms with Gasteiger partial charge in [-0.3, -0.25) is 29.5 Å². The maximum atomic E-state index is 12.3. The molecule has 0 aliphatic carbocycles. The van der Waals surface area contributed by atoms with Crippen LogP contribution in [0.1, 0.15) is 42.0 Å². The smallest absolute Gasteiger partial charge is 0.249 e. The average Bonchev–Trinajstić information content (AvgIpc) is 2.87. The zero-order chi connectivity index (χ0) is 25.5. The van der Waals surface area contributed by atoms with Crippen LogP contribution < -0.4 is 5.32 Å². The molecule has 8 nitrogen and oxygen atoms in total. The highest BCUT2D eigenvalue weighted by Crippen LogP contribution is 2.25. The number of para-hydroxylation sites is 1. The van der Waals surface area contributed by atoms with Crippen LogP contribution in [0.15, 0.2) is 47.5 Å². The van der Waals surface area contributed by atoms with Gasteiger partial charge >= 0.3 is 0 Å². The van der Waals surface area contributed by atoms with E-state index in [4.69, 9.17) is 4.74 Å². The molecule has 2 aliphatic heterocycles. The van der Waals surface area contributed by atoms with Gasteiger partial charge in [0.25, 0.3) is 0 Å². The van der Waals surface area contributed by atoms with Gasteiger partial charge in [-0.1, -0.05) is 36.1 Å². The van der Waals surface area contributed by atoms with Crippen molar-refractivity contribution in [1.82, 2.24) is 15.1 Å². The Morgan fingerprint density at radius 3 is 2.61 bits per heavy atom. The number of ether oxygens (including phenoxy) is 1. The van der Waals surface area contributed by atoms with Crippen LogP contribution in [0.3, 0.4) is 0 Å². The summed E-state index contributed by atoms with van der Waals surface area (Å²) in [6, 6.07) is 13.2. The van der Waals surface area contributed by atoms with Gasteiger partial charge in [0.05, 0.1) is 24.5 Å². The van der Waals surface area contributed by atoms with Crippen molar-refractivity contribution in [3.05, 3.63) is 64.7 Å². The number of hydrogen-bond acceptors (Lipinski definition) is 6. The molecule has 36 heavy (non-hydrogen) atoms. The number of amides is 3. The largest absolute Gasteiger partial charge is 0.379 e. The normalized spacial score (nSPS) is 18.7. The fraction of sp³-hybridized carbons (Fsp3) is 0.357.